The van der Waals surface area contributed by atoms with Gasteiger partial charge in [-0.15, -0.1) is 21.5 Å². The maximum atomic E-state index is 5.57. The standard InChI is InChI=1S/C12H12N4O2S2/c1-7-3-10(18-16-7)6-20-12-15-14-11(17-12)4-9-5-19-8(2)13-9/h3,5H,4,6H2,1-2H3. The zero-order valence-corrected chi connectivity index (χ0v) is 12.6. The van der Waals surface area contributed by atoms with Crippen molar-refractivity contribution in [1.82, 2.24) is 20.3 Å². The van der Waals surface area contributed by atoms with Gasteiger partial charge in [0.15, 0.2) is 0 Å². The van der Waals surface area contributed by atoms with Crippen LogP contribution >= 0.6 is 23.1 Å². The number of aromatic nitrogens is 4. The molecule has 0 aliphatic heterocycles. The van der Waals surface area contributed by atoms with Crippen molar-refractivity contribution in [3.05, 3.63) is 39.5 Å². The first kappa shape index (κ1) is 13.3. The van der Waals surface area contributed by atoms with Crippen molar-refractivity contribution in [1.29, 1.82) is 0 Å². The predicted molar refractivity (Wildman–Crippen MR) is 74.8 cm³/mol. The Morgan fingerprint density at radius 1 is 1.30 bits per heavy atom. The van der Waals surface area contributed by atoms with E-state index in [2.05, 4.69) is 20.3 Å². The molecule has 104 valence electrons. The Balaban J connectivity index is 1.59. The molecular formula is C12H12N4O2S2. The molecule has 0 radical (unpaired) electrons. The highest BCUT2D eigenvalue weighted by Crippen LogP contribution is 2.22. The Labute approximate surface area is 123 Å². The van der Waals surface area contributed by atoms with Crippen molar-refractivity contribution in [2.45, 2.75) is 31.2 Å². The summed E-state index contributed by atoms with van der Waals surface area (Å²) in [6.07, 6.45) is 0.569. The van der Waals surface area contributed by atoms with E-state index in [0.29, 0.717) is 23.3 Å². The highest BCUT2D eigenvalue weighted by Gasteiger charge is 2.10. The van der Waals surface area contributed by atoms with Gasteiger partial charge >= 0.3 is 0 Å². The van der Waals surface area contributed by atoms with Gasteiger partial charge in [-0.1, -0.05) is 16.9 Å². The van der Waals surface area contributed by atoms with Crippen LogP contribution in [0, 0.1) is 13.8 Å². The monoisotopic (exact) mass is 308 g/mol. The predicted octanol–water partition coefficient (Wildman–Crippen LogP) is 3.01. The number of thiazole rings is 1. The lowest BCUT2D eigenvalue weighted by atomic mass is 10.3. The van der Waals surface area contributed by atoms with E-state index < -0.39 is 0 Å². The third-order valence-corrected chi connectivity index (χ3v) is 4.13. The molecule has 0 bridgehead atoms. The Bertz CT molecular complexity index is 704. The summed E-state index contributed by atoms with van der Waals surface area (Å²) >= 11 is 3.05. The highest BCUT2D eigenvalue weighted by molar-refractivity contribution is 7.98. The molecule has 0 aliphatic rings. The number of rotatable bonds is 5. The van der Waals surface area contributed by atoms with Gasteiger partial charge in [-0.25, -0.2) is 4.98 Å². The molecule has 8 heteroatoms. The van der Waals surface area contributed by atoms with Crippen molar-refractivity contribution in [3.8, 4) is 0 Å². The van der Waals surface area contributed by atoms with E-state index in [1.165, 1.54) is 11.8 Å². The molecule has 0 N–H and O–H groups in total. The first-order valence-electron chi connectivity index (χ1n) is 5.97. The summed E-state index contributed by atoms with van der Waals surface area (Å²) < 4.78 is 10.7. The molecule has 3 aromatic heterocycles. The van der Waals surface area contributed by atoms with Gasteiger partial charge in [-0.2, -0.15) is 0 Å². The molecule has 3 rings (SSSR count). The lowest BCUT2D eigenvalue weighted by molar-refractivity contribution is 0.389. The topological polar surface area (TPSA) is 77.8 Å². The Morgan fingerprint density at radius 3 is 2.90 bits per heavy atom. The second-order valence-corrected chi connectivity index (χ2v) is 6.21. The third kappa shape index (κ3) is 3.26. The van der Waals surface area contributed by atoms with Gasteiger partial charge in [0.1, 0.15) is 5.76 Å². The lowest BCUT2D eigenvalue weighted by Crippen LogP contribution is -1.88. The molecule has 0 saturated carbocycles. The largest absolute Gasteiger partial charge is 0.416 e. The van der Waals surface area contributed by atoms with E-state index >= 15 is 0 Å². The maximum Gasteiger partial charge on any atom is 0.277 e. The summed E-state index contributed by atoms with van der Waals surface area (Å²) in [5, 5.41) is 15.4. The maximum absolute atomic E-state index is 5.57. The molecule has 3 aromatic rings. The second-order valence-electron chi connectivity index (χ2n) is 4.22. The normalized spacial score (nSPS) is 11.1. The summed E-state index contributed by atoms with van der Waals surface area (Å²) in [5.41, 5.74) is 1.82. The molecule has 0 amide bonds. The van der Waals surface area contributed by atoms with E-state index in [9.17, 15) is 0 Å². The molecule has 0 aromatic carbocycles. The van der Waals surface area contributed by atoms with E-state index in [-0.39, 0.29) is 0 Å². The average Bonchev–Trinajstić information content (AvgIpc) is 3.11. The van der Waals surface area contributed by atoms with Gasteiger partial charge in [-0.05, 0) is 13.8 Å². The lowest BCUT2D eigenvalue weighted by Gasteiger charge is -1.91. The van der Waals surface area contributed by atoms with Crippen LogP contribution in [-0.4, -0.2) is 20.3 Å². The van der Waals surface area contributed by atoms with E-state index in [0.717, 1.165) is 22.2 Å². The second kappa shape index (κ2) is 5.76. The van der Waals surface area contributed by atoms with Crippen molar-refractivity contribution in [2.75, 3.05) is 0 Å². The molecule has 3 heterocycles. The van der Waals surface area contributed by atoms with Crippen LogP contribution in [0.3, 0.4) is 0 Å². The first-order chi connectivity index (χ1) is 9.69. The Morgan fingerprint density at radius 2 is 2.20 bits per heavy atom. The average molecular weight is 308 g/mol. The minimum atomic E-state index is 0.529. The fourth-order valence-corrected chi connectivity index (χ4v) is 2.90. The van der Waals surface area contributed by atoms with Crippen molar-refractivity contribution in [3.63, 3.8) is 0 Å². The summed E-state index contributed by atoms with van der Waals surface area (Å²) in [5.74, 6) is 1.99. The summed E-state index contributed by atoms with van der Waals surface area (Å²) in [6.45, 7) is 3.86. The van der Waals surface area contributed by atoms with Crippen molar-refractivity contribution < 1.29 is 8.94 Å². The number of aryl methyl sites for hydroxylation is 2. The molecule has 0 fully saturated rings. The van der Waals surface area contributed by atoms with Crippen LogP contribution in [0.1, 0.15) is 28.0 Å². The van der Waals surface area contributed by atoms with Gasteiger partial charge in [0.05, 0.1) is 28.6 Å². The van der Waals surface area contributed by atoms with Gasteiger partial charge < -0.3 is 8.94 Å². The highest BCUT2D eigenvalue weighted by atomic mass is 32.2. The third-order valence-electron chi connectivity index (χ3n) is 2.46. The fraction of sp³-hybridized carbons (Fsp3) is 0.333. The Kier molecular flexibility index (Phi) is 3.83. The number of hydrogen-bond acceptors (Lipinski definition) is 8. The smallest absolute Gasteiger partial charge is 0.277 e. The molecule has 0 unspecified atom stereocenters. The fourth-order valence-electron chi connectivity index (χ4n) is 1.63. The summed E-state index contributed by atoms with van der Waals surface area (Å²) in [4.78, 5) is 4.37. The van der Waals surface area contributed by atoms with E-state index in [4.69, 9.17) is 8.94 Å². The molecular weight excluding hydrogens is 296 g/mol. The molecule has 20 heavy (non-hydrogen) atoms. The molecule has 0 spiro atoms. The summed E-state index contributed by atoms with van der Waals surface area (Å²) in [7, 11) is 0. The minimum absolute atomic E-state index is 0.529. The minimum Gasteiger partial charge on any atom is -0.416 e. The van der Waals surface area contributed by atoms with E-state index in [1.54, 1.807) is 11.3 Å². The van der Waals surface area contributed by atoms with E-state index in [1.807, 2.05) is 25.3 Å². The number of nitrogens with zero attached hydrogens (tertiary/aromatic N) is 4. The van der Waals surface area contributed by atoms with Gasteiger partial charge in [0.2, 0.25) is 5.89 Å². The van der Waals surface area contributed by atoms with Crippen LogP contribution in [-0.2, 0) is 12.2 Å². The van der Waals surface area contributed by atoms with Crippen molar-refractivity contribution in [2.24, 2.45) is 0 Å². The summed E-state index contributed by atoms with van der Waals surface area (Å²) in [6, 6.07) is 1.89. The first-order valence-corrected chi connectivity index (χ1v) is 7.84. The quantitative estimate of drug-likeness (QED) is 0.670. The van der Waals surface area contributed by atoms with Crippen LogP contribution in [0.25, 0.3) is 0 Å². The van der Waals surface area contributed by atoms with Crippen LogP contribution in [0.4, 0.5) is 0 Å². The zero-order chi connectivity index (χ0) is 13.9. The van der Waals surface area contributed by atoms with Gasteiger partial charge in [0, 0.05) is 11.4 Å². The molecule has 0 aliphatic carbocycles. The van der Waals surface area contributed by atoms with Crippen LogP contribution in [0.5, 0.6) is 0 Å². The molecule has 0 saturated heterocycles. The van der Waals surface area contributed by atoms with Gasteiger partial charge in [-0.3, -0.25) is 0 Å². The van der Waals surface area contributed by atoms with Crippen LogP contribution < -0.4 is 0 Å². The van der Waals surface area contributed by atoms with Crippen LogP contribution in [0.15, 0.2) is 25.6 Å². The molecule has 0 atom stereocenters. The SMILES string of the molecule is Cc1cc(CSc2nnc(Cc3csc(C)n3)o2)on1. The Hall–Kier alpha value is -1.67. The zero-order valence-electron chi connectivity index (χ0n) is 11.0. The number of thioether (sulfide) groups is 1. The van der Waals surface area contributed by atoms with Crippen molar-refractivity contribution >= 4 is 23.1 Å². The van der Waals surface area contributed by atoms with Crippen LogP contribution in [0.2, 0.25) is 0 Å². The number of hydrogen-bond donors (Lipinski definition) is 0. The van der Waals surface area contributed by atoms with Gasteiger partial charge in [0.25, 0.3) is 5.22 Å². The molecule has 6 nitrogen and oxygen atoms in total.